The van der Waals surface area contributed by atoms with Crippen LogP contribution in [0, 0.1) is 3.57 Å². The summed E-state index contributed by atoms with van der Waals surface area (Å²) >= 11 is 3.23. The summed E-state index contributed by atoms with van der Waals surface area (Å²) in [6, 6.07) is 4.69. The van der Waals surface area contributed by atoms with Crippen molar-refractivity contribution in [1.29, 1.82) is 0 Å². The highest BCUT2D eigenvalue weighted by Crippen LogP contribution is 2.32. The van der Waals surface area contributed by atoms with Crippen molar-refractivity contribution >= 4 is 57.0 Å². The highest BCUT2D eigenvalue weighted by atomic mass is 127. The smallest absolute Gasteiger partial charge is 0.335 e. The molecule has 1 aliphatic heterocycles. The van der Waals surface area contributed by atoms with E-state index in [4.69, 9.17) is 5.11 Å². The van der Waals surface area contributed by atoms with Gasteiger partial charge in [0.15, 0.2) is 5.12 Å². The molecule has 1 aliphatic rings. The lowest BCUT2D eigenvalue weighted by molar-refractivity contribution is -0.117. The second-order valence-corrected chi connectivity index (χ2v) is 7.05. The third-order valence-electron chi connectivity index (χ3n) is 2.91. The summed E-state index contributed by atoms with van der Waals surface area (Å²) in [6.07, 6.45) is 0.303. The number of carbonyl (C=O) groups excluding carboxylic acids is 2. The van der Waals surface area contributed by atoms with E-state index in [-0.39, 0.29) is 21.8 Å². The molecule has 0 aliphatic carbocycles. The molecule has 0 spiro atoms. The number of benzene rings is 1. The number of rotatable bonds is 3. The van der Waals surface area contributed by atoms with Gasteiger partial charge in [-0.25, -0.2) is 4.79 Å². The number of anilines is 1. The fourth-order valence-corrected chi connectivity index (χ4v) is 3.62. The van der Waals surface area contributed by atoms with Gasteiger partial charge in [-0.15, -0.1) is 0 Å². The van der Waals surface area contributed by atoms with Crippen LogP contribution < -0.4 is 4.90 Å². The lowest BCUT2D eigenvalue weighted by Gasteiger charge is -2.18. The lowest BCUT2D eigenvalue weighted by atomic mass is 10.2. The van der Waals surface area contributed by atoms with Crippen LogP contribution in [0.5, 0.6) is 0 Å². The topological polar surface area (TPSA) is 74.7 Å². The summed E-state index contributed by atoms with van der Waals surface area (Å²) in [4.78, 5) is 35.7. The molecule has 0 bridgehead atoms. The zero-order chi connectivity index (χ0) is 14.9. The van der Waals surface area contributed by atoms with E-state index < -0.39 is 5.97 Å². The number of aromatic carboxylic acids is 1. The summed E-state index contributed by atoms with van der Waals surface area (Å²) in [6.45, 7) is 1.91. The maximum absolute atomic E-state index is 12.1. The van der Waals surface area contributed by atoms with Crippen LogP contribution in [0.1, 0.15) is 23.7 Å². The van der Waals surface area contributed by atoms with Gasteiger partial charge in [-0.1, -0.05) is 11.8 Å². The normalized spacial score (nSPS) is 18.4. The highest BCUT2D eigenvalue weighted by molar-refractivity contribution is 14.1. The minimum atomic E-state index is -1.02. The molecule has 1 aromatic carbocycles. The molecular weight excluding hydrogens is 393 g/mol. The van der Waals surface area contributed by atoms with Crippen LogP contribution in [0.2, 0.25) is 0 Å². The Balaban J connectivity index is 2.27. The fraction of sp³-hybridized carbons (Fsp3) is 0.308. The number of carboxylic acids is 1. The predicted octanol–water partition coefficient (Wildman–Crippen LogP) is 2.37. The van der Waals surface area contributed by atoms with Crippen molar-refractivity contribution in [3.8, 4) is 0 Å². The lowest BCUT2D eigenvalue weighted by Crippen LogP contribution is -2.26. The van der Waals surface area contributed by atoms with Crippen molar-refractivity contribution in [3.63, 3.8) is 0 Å². The molecule has 1 fully saturated rings. The average Bonchev–Trinajstić information content (AvgIpc) is 2.69. The van der Waals surface area contributed by atoms with Gasteiger partial charge in [-0.2, -0.15) is 0 Å². The van der Waals surface area contributed by atoms with E-state index in [1.165, 1.54) is 19.1 Å². The Labute approximate surface area is 133 Å². The molecule has 7 heteroatoms. The zero-order valence-corrected chi connectivity index (χ0v) is 13.6. The molecular formula is C13H12INO4S. The number of hydrogen-bond acceptors (Lipinski definition) is 4. The number of carboxylic acid groups (broad SMARTS) is 1. The summed E-state index contributed by atoms with van der Waals surface area (Å²) in [7, 11) is 0. The first kappa shape index (κ1) is 15.3. The van der Waals surface area contributed by atoms with Gasteiger partial charge in [0, 0.05) is 28.7 Å². The van der Waals surface area contributed by atoms with Gasteiger partial charge < -0.3 is 10.0 Å². The van der Waals surface area contributed by atoms with E-state index in [0.29, 0.717) is 18.7 Å². The highest BCUT2D eigenvalue weighted by Gasteiger charge is 2.33. The zero-order valence-electron chi connectivity index (χ0n) is 10.6. The van der Waals surface area contributed by atoms with Crippen LogP contribution in [0.4, 0.5) is 5.69 Å². The molecule has 0 saturated carbocycles. The second kappa shape index (κ2) is 6.13. The van der Waals surface area contributed by atoms with E-state index in [9.17, 15) is 14.4 Å². The van der Waals surface area contributed by atoms with Crippen LogP contribution in [-0.4, -0.2) is 33.9 Å². The van der Waals surface area contributed by atoms with Crippen molar-refractivity contribution in [3.05, 3.63) is 27.3 Å². The van der Waals surface area contributed by atoms with Crippen molar-refractivity contribution < 1.29 is 19.5 Å². The average molecular weight is 405 g/mol. The molecule has 106 valence electrons. The van der Waals surface area contributed by atoms with E-state index in [2.05, 4.69) is 22.6 Å². The van der Waals surface area contributed by atoms with Gasteiger partial charge in [0.05, 0.1) is 11.3 Å². The quantitative estimate of drug-likeness (QED) is 0.782. The largest absolute Gasteiger partial charge is 0.478 e. The summed E-state index contributed by atoms with van der Waals surface area (Å²) in [5, 5.41) is 8.94. The van der Waals surface area contributed by atoms with Gasteiger partial charge in [-0.3, -0.25) is 9.59 Å². The van der Waals surface area contributed by atoms with Crippen LogP contribution in [0.3, 0.4) is 0 Å². The summed E-state index contributed by atoms with van der Waals surface area (Å²) in [5.41, 5.74) is 0.748. The number of nitrogens with zero attached hydrogens (tertiary/aromatic N) is 1. The molecule has 1 atom stereocenters. The first-order chi connectivity index (χ1) is 9.38. The van der Waals surface area contributed by atoms with E-state index >= 15 is 0 Å². The first-order valence-electron chi connectivity index (χ1n) is 5.89. The minimum Gasteiger partial charge on any atom is -0.478 e. The number of halogens is 1. The third-order valence-corrected chi connectivity index (χ3v) is 4.80. The van der Waals surface area contributed by atoms with E-state index in [1.54, 1.807) is 11.0 Å². The summed E-state index contributed by atoms with van der Waals surface area (Å²) in [5.74, 6) is -1.10. The van der Waals surface area contributed by atoms with Crippen molar-refractivity contribution in [2.45, 2.75) is 18.6 Å². The van der Waals surface area contributed by atoms with E-state index in [0.717, 1.165) is 15.3 Å². The van der Waals surface area contributed by atoms with Crippen LogP contribution in [0.25, 0.3) is 0 Å². The monoisotopic (exact) mass is 405 g/mol. The maximum Gasteiger partial charge on any atom is 0.335 e. The molecule has 2 rings (SSSR count). The van der Waals surface area contributed by atoms with Crippen LogP contribution >= 0.6 is 34.4 Å². The van der Waals surface area contributed by atoms with Crippen LogP contribution in [0.15, 0.2) is 18.2 Å². The van der Waals surface area contributed by atoms with Crippen molar-refractivity contribution in [2.24, 2.45) is 0 Å². The molecule has 1 amide bonds. The molecule has 5 nitrogen and oxygen atoms in total. The standard InChI is InChI=1S/C13H12INO4S/c1-7(16)20-9-5-12(17)15(6-9)11-4-8(13(18)19)2-3-10(11)14/h2-4,9H,5-6H2,1H3,(H,18,19). The van der Waals surface area contributed by atoms with Gasteiger partial charge in [0.2, 0.25) is 5.91 Å². The number of hydrogen-bond donors (Lipinski definition) is 1. The fourth-order valence-electron chi connectivity index (χ4n) is 2.07. The van der Waals surface area contributed by atoms with Gasteiger partial charge in [0.25, 0.3) is 0 Å². The molecule has 20 heavy (non-hydrogen) atoms. The van der Waals surface area contributed by atoms with Crippen LogP contribution in [-0.2, 0) is 9.59 Å². The van der Waals surface area contributed by atoms with Gasteiger partial charge >= 0.3 is 5.97 Å². The molecule has 1 unspecified atom stereocenters. The predicted molar refractivity (Wildman–Crippen MR) is 85.1 cm³/mol. The number of amides is 1. The van der Waals surface area contributed by atoms with E-state index in [1.807, 2.05) is 0 Å². The van der Waals surface area contributed by atoms with Gasteiger partial charge in [-0.05, 0) is 40.8 Å². The molecule has 1 aromatic rings. The van der Waals surface area contributed by atoms with Gasteiger partial charge in [0.1, 0.15) is 0 Å². The second-order valence-electron chi connectivity index (χ2n) is 4.41. The third kappa shape index (κ3) is 3.32. The molecule has 0 radical (unpaired) electrons. The van der Waals surface area contributed by atoms with Crippen molar-refractivity contribution in [2.75, 3.05) is 11.4 Å². The SMILES string of the molecule is CC(=O)SC1CC(=O)N(c2cc(C(=O)O)ccc2I)C1. The minimum absolute atomic E-state index is 0.0152. The summed E-state index contributed by atoms with van der Waals surface area (Å²) < 4.78 is 0.814. The first-order valence-corrected chi connectivity index (χ1v) is 7.84. The molecule has 0 aromatic heterocycles. The number of carbonyl (C=O) groups is 3. The maximum atomic E-state index is 12.1. The Morgan fingerprint density at radius 3 is 2.75 bits per heavy atom. The molecule has 1 N–H and O–H groups in total. The molecule has 1 saturated heterocycles. The Hall–Kier alpha value is -1.09. The Morgan fingerprint density at radius 1 is 1.45 bits per heavy atom. The Bertz CT molecular complexity index is 590. The van der Waals surface area contributed by atoms with Crippen molar-refractivity contribution in [1.82, 2.24) is 0 Å². The molecule has 1 heterocycles. The number of thioether (sulfide) groups is 1. The Kier molecular flexibility index (Phi) is 4.69. The Morgan fingerprint density at radius 2 is 2.15 bits per heavy atom.